The van der Waals surface area contributed by atoms with Crippen LogP contribution in [0.4, 0.5) is 9.59 Å². The van der Waals surface area contributed by atoms with Crippen LogP contribution in [0.15, 0.2) is 77.8 Å². The lowest BCUT2D eigenvalue weighted by molar-refractivity contribution is -0.139. The van der Waals surface area contributed by atoms with E-state index in [9.17, 15) is 29.1 Å². The van der Waals surface area contributed by atoms with Gasteiger partial charge < -0.3 is 35.9 Å². The molecule has 0 bridgehead atoms. The van der Waals surface area contributed by atoms with Crippen LogP contribution in [0.1, 0.15) is 32.1 Å². The Labute approximate surface area is 227 Å². The number of carbonyl (C=O) groups excluding carboxylic acids is 4. The van der Waals surface area contributed by atoms with E-state index in [4.69, 9.17) is 15.2 Å². The highest BCUT2D eigenvalue weighted by molar-refractivity contribution is 6.07. The molecule has 14 heteroatoms. The summed E-state index contributed by atoms with van der Waals surface area (Å²) in [5, 5.41) is 16.0. The van der Waals surface area contributed by atoms with Gasteiger partial charge in [0.15, 0.2) is 0 Å². The number of amides is 4. The number of nitrogens with zero attached hydrogens (tertiary/aromatic N) is 1. The van der Waals surface area contributed by atoms with Gasteiger partial charge in [0.05, 0.1) is 0 Å². The van der Waals surface area contributed by atoms with Gasteiger partial charge in [0.1, 0.15) is 30.6 Å². The van der Waals surface area contributed by atoms with E-state index < -0.39 is 48.5 Å². The highest BCUT2D eigenvalue weighted by Crippen LogP contribution is 2.04. The Morgan fingerprint density at radius 3 is 1.95 bits per heavy atom. The van der Waals surface area contributed by atoms with Crippen molar-refractivity contribution in [1.82, 2.24) is 20.9 Å². The Hall–Kier alpha value is -5.66. The van der Waals surface area contributed by atoms with Crippen molar-refractivity contribution >= 4 is 35.9 Å². The molecular weight excluding hydrogens is 524 g/mol. The number of hydrogen-bond donors (Lipinski definition) is 6. The van der Waals surface area contributed by atoms with E-state index in [1.165, 1.54) is 12.1 Å². The van der Waals surface area contributed by atoms with E-state index in [0.29, 0.717) is 5.56 Å². The molecule has 7 N–H and O–H groups in total. The molecule has 1 atom stereocenters. The lowest BCUT2D eigenvalue weighted by atomic mass is 10.2. The molecule has 3 aromatic rings. The Kier molecular flexibility index (Phi) is 10.4. The topological polar surface area (TPSA) is 214 Å². The predicted octanol–water partition coefficient (Wildman–Crippen LogP) is 1.51. The van der Waals surface area contributed by atoms with Gasteiger partial charge in [-0.25, -0.2) is 14.4 Å². The number of carboxylic acids is 1. The number of rotatable bonds is 10. The molecule has 0 saturated carbocycles. The summed E-state index contributed by atoms with van der Waals surface area (Å²) >= 11 is 0. The number of ether oxygens (including phenoxy) is 2. The van der Waals surface area contributed by atoms with Gasteiger partial charge in [-0.1, -0.05) is 60.7 Å². The third kappa shape index (κ3) is 9.33. The quantitative estimate of drug-likeness (QED) is 0.159. The average molecular weight is 551 g/mol. The van der Waals surface area contributed by atoms with Gasteiger partial charge in [-0.2, -0.15) is 0 Å². The predicted molar refractivity (Wildman–Crippen MR) is 140 cm³/mol. The maximum atomic E-state index is 12.4. The average Bonchev–Trinajstić information content (AvgIpc) is 3.45. The molecule has 1 heterocycles. The molecule has 0 aliphatic carbocycles. The smallest absolute Gasteiger partial charge is 0.437 e. The summed E-state index contributed by atoms with van der Waals surface area (Å²) in [5.41, 5.74) is 6.84. The van der Waals surface area contributed by atoms with Crippen molar-refractivity contribution in [2.75, 3.05) is 6.54 Å². The first-order valence-electron chi connectivity index (χ1n) is 11.7. The van der Waals surface area contributed by atoms with Crippen LogP contribution in [-0.4, -0.2) is 58.6 Å². The first-order valence-corrected chi connectivity index (χ1v) is 11.7. The summed E-state index contributed by atoms with van der Waals surface area (Å²) in [4.78, 5) is 66.1. The van der Waals surface area contributed by atoms with Gasteiger partial charge in [0.2, 0.25) is 5.96 Å². The summed E-state index contributed by atoms with van der Waals surface area (Å²) in [7, 11) is 0. The number of aromatic amines is 1. The number of alkyl carbamates (subject to hydrolysis) is 1. The number of guanidine groups is 1. The number of hydrogen-bond acceptors (Lipinski definition) is 7. The number of nitrogens with one attached hydrogen (secondary N) is 4. The van der Waals surface area contributed by atoms with Crippen molar-refractivity contribution in [2.45, 2.75) is 19.3 Å². The molecule has 208 valence electrons. The van der Waals surface area contributed by atoms with Crippen LogP contribution in [0, 0.1) is 0 Å². The number of aliphatic imine (C=N–C) groups is 1. The zero-order valence-corrected chi connectivity index (χ0v) is 21.0. The highest BCUT2D eigenvalue weighted by Gasteiger charge is 2.22. The lowest BCUT2D eigenvalue weighted by Gasteiger charge is -2.15. The van der Waals surface area contributed by atoms with Crippen molar-refractivity contribution in [3.63, 3.8) is 0 Å². The Bertz CT molecular complexity index is 1370. The maximum Gasteiger partial charge on any atom is 0.437 e. The second kappa shape index (κ2) is 14.3. The second-order valence-electron chi connectivity index (χ2n) is 8.08. The fourth-order valence-corrected chi connectivity index (χ4v) is 3.12. The normalized spacial score (nSPS) is 11.6. The van der Waals surface area contributed by atoms with Gasteiger partial charge in [0.25, 0.3) is 11.8 Å². The van der Waals surface area contributed by atoms with Crippen LogP contribution in [-0.2, 0) is 27.5 Å². The Balaban J connectivity index is 1.46. The van der Waals surface area contributed by atoms with Crippen molar-refractivity contribution < 1.29 is 38.6 Å². The SMILES string of the molecule is N/C(=N\C(=O)OCc1ccccc1)NC(=O)c1ccc(C(=O)NC[C@H](NC(=O)OCc2ccccc2)C(=O)O)[nH]1. The molecular formula is C26H26N6O8. The summed E-state index contributed by atoms with van der Waals surface area (Å²) in [5.74, 6) is -3.49. The molecule has 0 fully saturated rings. The number of aliphatic carboxylic acids is 1. The minimum absolute atomic E-state index is 0.0351. The third-order valence-corrected chi connectivity index (χ3v) is 5.10. The summed E-state index contributed by atoms with van der Waals surface area (Å²) in [6.07, 6.45) is -1.99. The molecule has 2 aromatic carbocycles. The number of benzene rings is 2. The van der Waals surface area contributed by atoms with E-state index in [2.05, 4.69) is 25.9 Å². The number of nitrogens with two attached hydrogens (primary N) is 1. The van der Waals surface area contributed by atoms with Crippen molar-refractivity contribution in [3.05, 3.63) is 95.3 Å². The first kappa shape index (κ1) is 28.9. The van der Waals surface area contributed by atoms with Crippen LogP contribution < -0.4 is 21.7 Å². The van der Waals surface area contributed by atoms with E-state index in [1.807, 2.05) is 6.07 Å². The number of carbonyl (C=O) groups is 5. The summed E-state index contributed by atoms with van der Waals surface area (Å²) in [6.45, 7) is -0.574. The third-order valence-electron chi connectivity index (χ3n) is 5.10. The van der Waals surface area contributed by atoms with Crippen LogP contribution in [0.2, 0.25) is 0 Å². The Morgan fingerprint density at radius 1 is 0.825 bits per heavy atom. The molecule has 40 heavy (non-hydrogen) atoms. The molecule has 4 amide bonds. The number of aromatic nitrogens is 1. The van der Waals surface area contributed by atoms with Gasteiger partial charge in [0, 0.05) is 6.54 Å². The van der Waals surface area contributed by atoms with E-state index >= 15 is 0 Å². The fraction of sp³-hybridized carbons (Fsp3) is 0.154. The summed E-state index contributed by atoms with van der Waals surface area (Å²) < 4.78 is 9.94. The van der Waals surface area contributed by atoms with E-state index in [1.54, 1.807) is 54.6 Å². The molecule has 3 rings (SSSR count). The van der Waals surface area contributed by atoms with Gasteiger partial charge in [-0.15, -0.1) is 4.99 Å². The van der Waals surface area contributed by atoms with Gasteiger partial charge in [-0.3, -0.25) is 14.9 Å². The Morgan fingerprint density at radius 2 is 1.38 bits per heavy atom. The molecule has 0 saturated heterocycles. The standard InChI is InChI=1S/C26H26N6O8/c27-24(32-26(38)40-15-17-9-5-2-6-10-17)31-22(34)19-12-11-18(29-19)21(33)28-13-20(23(35)36)30-25(37)39-14-16-7-3-1-4-8-16/h1-12,20,29H,13-15H2,(H,28,33)(H,30,37)(H,35,36)(H3,27,31,32,34,38)/t20-/m0/s1. The minimum Gasteiger partial charge on any atom is -0.480 e. The number of carboxylic acid groups (broad SMARTS) is 1. The summed E-state index contributed by atoms with van der Waals surface area (Å²) in [6, 6.07) is 18.7. The molecule has 14 nitrogen and oxygen atoms in total. The molecule has 0 aliphatic rings. The molecule has 0 radical (unpaired) electrons. The highest BCUT2D eigenvalue weighted by atomic mass is 16.6. The molecule has 0 unspecified atom stereocenters. The van der Waals surface area contributed by atoms with E-state index in [0.717, 1.165) is 5.56 Å². The van der Waals surface area contributed by atoms with Gasteiger partial charge >= 0.3 is 18.2 Å². The minimum atomic E-state index is -1.48. The van der Waals surface area contributed by atoms with Crippen LogP contribution in [0.25, 0.3) is 0 Å². The van der Waals surface area contributed by atoms with Crippen molar-refractivity contribution in [1.29, 1.82) is 0 Å². The number of H-pyrrole nitrogens is 1. The largest absolute Gasteiger partial charge is 0.480 e. The zero-order chi connectivity index (χ0) is 28.9. The molecule has 0 spiro atoms. The van der Waals surface area contributed by atoms with Crippen LogP contribution >= 0.6 is 0 Å². The monoisotopic (exact) mass is 550 g/mol. The van der Waals surface area contributed by atoms with Crippen LogP contribution in [0.5, 0.6) is 0 Å². The molecule has 1 aromatic heterocycles. The second-order valence-corrected chi connectivity index (χ2v) is 8.08. The molecule has 0 aliphatic heterocycles. The van der Waals surface area contributed by atoms with E-state index in [-0.39, 0.29) is 24.6 Å². The van der Waals surface area contributed by atoms with Crippen LogP contribution in [0.3, 0.4) is 0 Å². The van der Waals surface area contributed by atoms with Gasteiger partial charge in [-0.05, 0) is 23.3 Å². The zero-order valence-electron chi connectivity index (χ0n) is 21.0. The fourth-order valence-electron chi connectivity index (χ4n) is 3.12. The van der Waals surface area contributed by atoms with Crippen molar-refractivity contribution in [2.24, 2.45) is 10.7 Å². The maximum absolute atomic E-state index is 12.4. The lowest BCUT2D eigenvalue weighted by Crippen LogP contribution is -2.48. The first-order chi connectivity index (χ1) is 19.2. The van der Waals surface area contributed by atoms with Crippen molar-refractivity contribution in [3.8, 4) is 0 Å².